The molecule has 0 radical (unpaired) electrons. The van der Waals surface area contributed by atoms with Crippen molar-refractivity contribution in [2.24, 2.45) is 0 Å². The van der Waals surface area contributed by atoms with Crippen molar-refractivity contribution in [1.82, 2.24) is 0 Å². The summed E-state index contributed by atoms with van der Waals surface area (Å²) in [4.78, 5) is 0. The fourth-order valence-corrected chi connectivity index (χ4v) is 2.99. The van der Waals surface area contributed by atoms with Crippen LogP contribution in [-0.4, -0.2) is 8.07 Å². The van der Waals surface area contributed by atoms with Crippen LogP contribution in [0, 0.1) is 27.4 Å². The van der Waals surface area contributed by atoms with Crippen LogP contribution in [0.25, 0.3) is 0 Å². The van der Waals surface area contributed by atoms with Crippen molar-refractivity contribution in [3.8, 4) is 23.8 Å². The summed E-state index contributed by atoms with van der Waals surface area (Å²) >= 11 is 8.92. The topological polar surface area (TPSA) is 0 Å². The molecule has 0 amide bonds. The lowest BCUT2D eigenvalue weighted by atomic mass is 10.2. The van der Waals surface area contributed by atoms with Crippen molar-refractivity contribution in [2.75, 3.05) is 0 Å². The van der Waals surface area contributed by atoms with E-state index in [0.29, 0.717) is 0 Å². The molecule has 0 nitrogen and oxygen atoms in total. The van der Waals surface area contributed by atoms with Crippen LogP contribution in [0.15, 0.2) is 57.5 Å². The summed E-state index contributed by atoms with van der Waals surface area (Å²) < 4.78 is 3.46. The zero-order chi connectivity index (χ0) is 18.6. The molecule has 0 saturated carbocycles. The Hall–Kier alpha value is -0.533. The van der Waals surface area contributed by atoms with Gasteiger partial charge in [-0.25, -0.2) is 0 Å². The number of terminal acetylenes is 1. The molecule has 2 aromatic rings. The van der Waals surface area contributed by atoms with E-state index in [-0.39, 0.29) is 0 Å². The molecular formula is C20H21Br2ISi. The molecule has 4 heteroatoms. The van der Waals surface area contributed by atoms with E-state index in [1.54, 1.807) is 0 Å². The predicted molar refractivity (Wildman–Crippen MR) is 126 cm³/mol. The Kier molecular flexibility index (Phi) is 12.5. The maximum Gasteiger partial charge on any atom is 0.129 e. The second-order valence-electron chi connectivity index (χ2n) is 5.71. The number of halogens is 3. The third-order valence-corrected chi connectivity index (χ3v) is 5.09. The van der Waals surface area contributed by atoms with Gasteiger partial charge in [0.2, 0.25) is 0 Å². The van der Waals surface area contributed by atoms with Crippen molar-refractivity contribution in [2.45, 2.75) is 26.6 Å². The van der Waals surface area contributed by atoms with Gasteiger partial charge >= 0.3 is 0 Å². The minimum Gasteiger partial charge on any atom is -0.132 e. The molecule has 0 unspecified atom stereocenters. The van der Waals surface area contributed by atoms with Gasteiger partial charge in [0.05, 0.1) is 0 Å². The predicted octanol–water partition coefficient (Wildman–Crippen LogP) is 7.37. The van der Waals surface area contributed by atoms with Crippen LogP contribution in [-0.2, 0) is 0 Å². The van der Waals surface area contributed by atoms with E-state index in [1.807, 2.05) is 43.3 Å². The standard InChI is InChI=1S/C8H5Br.C6H4BrI.C6H12Si/c1-2-7-3-5-8(9)6-4-7;7-5-1-3-6(8)4-2-5;1-5-6-7(2,3)4/h1,3-6H;1-4H;1-4H3. The first-order chi connectivity index (χ1) is 11.2. The van der Waals surface area contributed by atoms with Gasteiger partial charge in [0.25, 0.3) is 0 Å². The maximum atomic E-state index is 5.13. The van der Waals surface area contributed by atoms with E-state index in [2.05, 4.69) is 104 Å². The van der Waals surface area contributed by atoms with Gasteiger partial charge in [0.15, 0.2) is 0 Å². The highest BCUT2D eigenvalue weighted by Gasteiger charge is 2.06. The zero-order valence-electron chi connectivity index (χ0n) is 14.3. The molecule has 0 aromatic heterocycles. The van der Waals surface area contributed by atoms with Crippen LogP contribution >= 0.6 is 54.5 Å². The highest BCUT2D eigenvalue weighted by molar-refractivity contribution is 14.1. The van der Waals surface area contributed by atoms with Crippen LogP contribution < -0.4 is 0 Å². The third-order valence-electron chi connectivity index (χ3n) is 2.31. The average molecular weight is 576 g/mol. The summed E-state index contributed by atoms with van der Waals surface area (Å²) in [5.74, 6) is 5.45. The second kappa shape index (κ2) is 12.8. The second-order valence-corrected chi connectivity index (χ2v) is 13.5. The molecule has 0 atom stereocenters. The lowest BCUT2D eigenvalue weighted by molar-refractivity contribution is 1.60. The van der Waals surface area contributed by atoms with E-state index in [4.69, 9.17) is 6.42 Å². The Bertz CT molecular complexity index is 676. The molecule has 2 aromatic carbocycles. The lowest BCUT2D eigenvalue weighted by Gasteiger charge is -2.01. The van der Waals surface area contributed by atoms with Crippen LogP contribution in [0.2, 0.25) is 19.6 Å². The monoisotopic (exact) mass is 574 g/mol. The number of hydrogen-bond acceptors (Lipinski definition) is 0. The third kappa shape index (κ3) is 13.9. The van der Waals surface area contributed by atoms with Crippen molar-refractivity contribution in [1.29, 1.82) is 0 Å². The fraction of sp³-hybridized carbons (Fsp3) is 0.200. The highest BCUT2D eigenvalue weighted by Crippen LogP contribution is 2.11. The van der Waals surface area contributed by atoms with Crippen LogP contribution in [0.3, 0.4) is 0 Å². The number of rotatable bonds is 0. The molecule has 24 heavy (non-hydrogen) atoms. The maximum absolute atomic E-state index is 5.13. The Morgan fingerprint density at radius 2 is 1.29 bits per heavy atom. The van der Waals surface area contributed by atoms with Gasteiger partial charge in [-0.1, -0.05) is 57.4 Å². The van der Waals surface area contributed by atoms with E-state index in [9.17, 15) is 0 Å². The summed E-state index contributed by atoms with van der Waals surface area (Å²) in [5, 5.41) is 0. The normalized spacial score (nSPS) is 9.08. The number of benzene rings is 2. The van der Waals surface area contributed by atoms with Crippen LogP contribution in [0.5, 0.6) is 0 Å². The molecule has 0 bridgehead atoms. The molecule has 0 spiro atoms. The molecule has 0 N–H and O–H groups in total. The smallest absolute Gasteiger partial charge is 0.129 e. The van der Waals surface area contributed by atoms with Crippen molar-refractivity contribution >= 4 is 62.5 Å². The lowest BCUT2D eigenvalue weighted by Crippen LogP contribution is -2.15. The first kappa shape index (κ1) is 23.5. The van der Waals surface area contributed by atoms with Crippen LogP contribution in [0.1, 0.15) is 12.5 Å². The molecule has 126 valence electrons. The molecule has 0 aliphatic rings. The van der Waals surface area contributed by atoms with Gasteiger partial charge in [-0.05, 0) is 78.0 Å². The molecule has 0 aliphatic heterocycles. The first-order valence-corrected chi connectivity index (χ1v) is 13.4. The first-order valence-electron chi connectivity index (χ1n) is 7.25. The summed E-state index contributed by atoms with van der Waals surface area (Å²) in [7, 11) is -1.02. The molecule has 0 saturated heterocycles. The van der Waals surface area contributed by atoms with Crippen molar-refractivity contribution in [3.05, 3.63) is 66.6 Å². The summed E-state index contributed by atoms with van der Waals surface area (Å²) in [5.41, 5.74) is 4.09. The Labute approximate surface area is 178 Å². The molecule has 0 aliphatic carbocycles. The Morgan fingerprint density at radius 3 is 1.54 bits per heavy atom. The van der Waals surface area contributed by atoms with Gasteiger partial charge in [-0.2, -0.15) is 0 Å². The van der Waals surface area contributed by atoms with Gasteiger partial charge in [0, 0.05) is 18.1 Å². The summed E-state index contributed by atoms with van der Waals surface area (Å²) in [6.07, 6.45) is 5.13. The van der Waals surface area contributed by atoms with Crippen molar-refractivity contribution in [3.63, 3.8) is 0 Å². The van der Waals surface area contributed by atoms with E-state index < -0.39 is 8.07 Å². The largest absolute Gasteiger partial charge is 0.132 e. The quantitative estimate of drug-likeness (QED) is 0.175. The number of hydrogen-bond donors (Lipinski definition) is 0. The van der Waals surface area contributed by atoms with Crippen molar-refractivity contribution < 1.29 is 0 Å². The van der Waals surface area contributed by atoms with E-state index in [1.165, 1.54) is 3.57 Å². The molecule has 0 fully saturated rings. The summed E-state index contributed by atoms with van der Waals surface area (Å²) in [6.45, 7) is 8.62. The fourth-order valence-electron chi connectivity index (χ4n) is 1.35. The Morgan fingerprint density at radius 1 is 0.875 bits per heavy atom. The van der Waals surface area contributed by atoms with Gasteiger partial charge in [0.1, 0.15) is 8.07 Å². The van der Waals surface area contributed by atoms with Gasteiger partial charge in [-0.3, -0.25) is 0 Å². The molecular weight excluding hydrogens is 555 g/mol. The SMILES string of the molecule is Brc1ccc(I)cc1.C#Cc1ccc(Br)cc1.CC#C[Si](C)(C)C. The average Bonchev–Trinajstić information content (AvgIpc) is 2.51. The Balaban J connectivity index is 0.000000334. The molecule has 2 rings (SSSR count). The van der Waals surface area contributed by atoms with Crippen LogP contribution in [0.4, 0.5) is 0 Å². The van der Waals surface area contributed by atoms with Gasteiger partial charge < -0.3 is 0 Å². The van der Waals surface area contributed by atoms with E-state index >= 15 is 0 Å². The zero-order valence-corrected chi connectivity index (χ0v) is 20.7. The van der Waals surface area contributed by atoms with E-state index in [0.717, 1.165) is 14.5 Å². The highest BCUT2D eigenvalue weighted by atomic mass is 127. The molecule has 0 heterocycles. The minimum atomic E-state index is -1.02. The summed E-state index contributed by atoms with van der Waals surface area (Å²) in [6, 6.07) is 15.8. The van der Waals surface area contributed by atoms with Gasteiger partial charge in [-0.15, -0.1) is 17.9 Å². The minimum absolute atomic E-state index is 0.915.